The van der Waals surface area contributed by atoms with Gasteiger partial charge >= 0.3 is 0 Å². The number of pyridine rings is 1. The summed E-state index contributed by atoms with van der Waals surface area (Å²) >= 11 is 0. The first-order valence-electron chi connectivity index (χ1n) is 11.4. The predicted octanol–water partition coefficient (Wildman–Crippen LogP) is 4.07. The van der Waals surface area contributed by atoms with Gasteiger partial charge < -0.3 is 10.8 Å². The van der Waals surface area contributed by atoms with Crippen LogP contribution in [0.15, 0.2) is 46.6 Å². The van der Waals surface area contributed by atoms with Gasteiger partial charge in [0.25, 0.3) is 0 Å². The maximum Gasteiger partial charge on any atom is 0.184 e. The molecule has 2 aliphatic carbocycles. The Balaban J connectivity index is 1.67. The number of hydrogen-bond donors (Lipinski definition) is 2. The van der Waals surface area contributed by atoms with E-state index in [2.05, 4.69) is 54.9 Å². The van der Waals surface area contributed by atoms with E-state index in [9.17, 15) is 5.11 Å². The number of hydrogen-bond acceptors (Lipinski definition) is 5. The van der Waals surface area contributed by atoms with Crippen LogP contribution in [0.1, 0.15) is 57.2 Å². The van der Waals surface area contributed by atoms with Crippen molar-refractivity contribution in [3.63, 3.8) is 0 Å². The SMILES string of the molecule is CC#Cc1cncc(-c2ccc3c(c2)[C@@]2(N=C(C)C(N)=N2)C2(C3)C[C@@H](C)C(O)[C@@H](C)C2)c1. The maximum atomic E-state index is 10.7. The van der Waals surface area contributed by atoms with Crippen LogP contribution in [-0.4, -0.2) is 27.7 Å². The number of fused-ring (bicyclic) bond motifs is 3. The summed E-state index contributed by atoms with van der Waals surface area (Å²) in [6, 6.07) is 8.68. The molecule has 1 aromatic heterocycles. The molecule has 5 heteroatoms. The number of aliphatic hydroxyl groups is 1. The van der Waals surface area contributed by atoms with E-state index in [1.165, 1.54) is 5.56 Å². The molecule has 5 rings (SSSR count). The summed E-state index contributed by atoms with van der Waals surface area (Å²) < 4.78 is 0. The van der Waals surface area contributed by atoms with E-state index in [-0.39, 0.29) is 23.4 Å². The van der Waals surface area contributed by atoms with Gasteiger partial charge in [0, 0.05) is 34.5 Å². The Bertz CT molecular complexity index is 1190. The molecule has 2 unspecified atom stereocenters. The number of rotatable bonds is 1. The quantitative estimate of drug-likeness (QED) is 0.674. The van der Waals surface area contributed by atoms with Crippen LogP contribution in [0, 0.1) is 29.1 Å². The average molecular weight is 427 g/mol. The molecule has 0 saturated heterocycles. The van der Waals surface area contributed by atoms with Crippen LogP contribution in [0.25, 0.3) is 11.1 Å². The van der Waals surface area contributed by atoms with Gasteiger partial charge in [0.2, 0.25) is 0 Å². The minimum atomic E-state index is -0.719. The zero-order valence-electron chi connectivity index (χ0n) is 19.2. The van der Waals surface area contributed by atoms with E-state index in [0.717, 1.165) is 47.2 Å². The number of benzene rings is 1. The lowest BCUT2D eigenvalue weighted by atomic mass is 9.59. The summed E-state index contributed by atoms with van der Waals surface area (Å²) in [4.78, 5) is 14.6. The Morgan fingerprint density at radius 2 is 1.81 bits per heavy atom. The molecule has 1 saturated carbocycles. The third-order valence-corrected chi connectivity index (χ3v) is 7.67. The second kappa shape index (κ2) is 7.28. The van der Waals surface area contributed by atoms with E-state index in [0.29, 0.717) is 5.84 Å². The van der Waals surface area contributed by atoms with Crippen LogP contribution in [-0.2, 0) is 12.1 Å². The first-order valence-corrected chi connectivity index (χ1v) is 11.4. The minimum absolute atomic E-state index is 0.178. The summed E-state index contributed by atoms with van der Waals surface area (Å²) in [6.07, 6.45) is 6.02. The minimum Gasteiger partial charge on any atom is -0.393 e. The Labute approximate surface area is 189 Å². The maximum absolute atomic E-state index is 10.7. The topological polar surface area (TPSA) is 83.9 Å². The van der Waals surface area contributed by atoms with Gasteiger partial charge in [-0.3, -0.25) is 9.98 Å². The lowest BCUT2D eigenvalue weighted by molar-refractivity contribution is -0.0529. The fourth-order valence-corrected chi connectivity index (χ4v) is 6.30. The second-order valence-corrected chi connectivity index (χ2v) is 9.89. The smallest absolute Gasteiger partial charge is 0.184 e. The highest BCUT2D eigenvalue weighted by Crippen LogP contribution is 2.63. The largest absolute Gasteiger partial charge is 0.393 e. The van der Waals surface area contributed by atoms with Crippen molar-refractivity contribution in [1.82, 2.24) is 4.98 Å². The zero-order chi connectivity index (χ0) is 22.7. The van der Waals surface area contributed by atoms with Crippen LogP contribution in [0.4, 0.5) is 0 Å². The molecule has 2 aromatic rings. The Hall–Kier alpha value is -2.97. The fourth-order valence-electron chi connectivity index (χ4n) is 6.30. The van der Waals surface area contributed by atoms with Crippen LogP contribution in [0.5, 0.6) is 0 Å². The summed E-state index contributed by atoms with van der Waals surface area (Å²) in [7, 11) is 0. The van der Waals surface area contributed by atoms with Gasteiger partial charge in [-0.2, -0.15) is 0 Å². The van der Waals surface area contributed by atoms with Crippen molar-refractivity contribution in [2.45, 2.75) is 58.7 Å². The molecule has 32 heavy (non-hydrogen) atoms. The van der Waals surface area contributed by atoms with Gasteiger partial charge in [-0.15, -0.1) is 5.92 Å². The molecule has 3 aliphatic rings. The predicted molar refractivity (Wildman–Crippen MR) is 128 cm³/mol. The van der Waals surface area contributed by atoms with Gasteiger partial charge in [-0.1, -0.05) is 31.9 Å². The van der Waals surface area contributed by atoms with Gasteiger partial charge in [0.05, 0.1) is 11.8 Å². The van der Waals surface area contributed by atoms with Crippen molar-refractivity contribution in [3.8, 4) is 23.0 Å². The highest BCUT2D eigenvalue weighted by Gasteiger charge is 2.62. The molecule has 2 spiro atoms. The number of nitrogens with two attached hydrogens (primary N) is 1. The monoisotopic (exact) mass is 426 g/mol. The molecule has 1 aliphatic heterocycles. The van der Waals surface area contributed by atoms with Gasteiger partial charge in [0.1, 0.15) is 5.84 Å². The Kier molecular flexibility index (Phi) is 4.76. The number of nitrogens with zero attached hydrogens (tertiary/aromatic N) is 3. The van der Waals surface area contributed by atoms with Gasteiger partial charge in [-0.05, 0) is 68.2 Å². The summed E-state index contributed by atoms with van der Waals surface area (Å²) in [5, 5.41) is 10.7. The van der Waals surface area contributed by atoms with Crippen LogP contribution in [0.2, 0.25) is 0 Å². The van der Waals surface area contributed by atoms with Crippen molar-refractivity contribution in [1.29, 1.82) is 0 Å². The van der Waals surface area contributed by atoms with Gasteiger partial charge in [0.15, 0.2) is 5.66 Å². The summed E-state index contributed by atoms with van der Waals surface area (Å²) in [5.74, 6) is 6.93. The molecule has 164 valence electrons. The van der Waals surface area contributed by atoms with Crippen molar-refractivity contribution < 1.29 is 5.11 Å². The number of aliphatic hydroxyl groups excluding tert-OH is 1. The van der Waals surface area contributed by atoms with E-state index in [1.807, 2.05) is 20.0 Å². The van der Waals surface area contributed by atoms with Gasteiger partial charge in [-0.25, -0.2) is 4.99 Å². The standard InChI is InChI=1S/C27H30N4O/c1-5-6-19-9-22(15-29-14-19)20-7-8-21-13-26(11-16(2)24(32)17(3)12-26)27(23(21)10-20)30-18(4)25(28)31-27/h7-10,14-17,24,32H,11-13H2,1-4H3,(H2,28,31)/t16-,17+,24?,26?,27-/m0/s1. The van der Waals surface area contributed by atoms with E-state index in [1.54, 1.807) is 6.20 Å². The summed E-state index contributed by atoms with van der Waals surface area (Å²) in [6.45, 7) is 8.07. The van der Waals surface area contributed by atoms with Crippen molar-refractivity contribution in [3.05, 3.63) is 53.3 Å². The highest BCUT2D eigenvalue weighted by molar-refractivity contribution is 6.41. The molecule has 3 N–H and O–H groups in total. The lowest BCUT2D eigenvalue weighted by Crippen LogP contribution is -2.49. The van der Waals surface area contributed by atoms with Crippen LogP contribution >= 0.6 is 0 Å². The molecular formula is C27H30N4O. The van der Waals surface area contributed by atoms with E-state index >= 15 is 0 Å². The number of amidine groups is 1. The third-order valence-electron chi connectivity index (χ3n) is 7.67. The lowest BCUT2D eigenvalue weighted by Gasteiger charge is -2.49. The highest BCUT2D eigenvalue weighted by atomic mass is 16.3. The average Bonchev–Trinajstić information content (AvgIpc) is 3.20. The first-order chi connectivity index (χ1) is 15.3. The fraction of sp³-hybridized carbons (Fsp3) is 0.444. The van der Waals surface area contributed by atoms with Crippen LogP contribution < -0.4 is 5.73 Å². The molecule has 0 bridgehead atoms. The first kappa shape index (κ1) is 20.9. The molecule has 1 aromatic carbocycles. The van der Waals surface area contributed by atoms with Crippen LogP contribution in [0.3, 0.4) is 0 Å². The second-order valence-electron chi connectivity index (χ2n) is 9.89. The number of aromatic nitrogens is 1. The molecule has 5 atom stereocenters. The van der Waals surface area contributed by atoms with E-state index in [4.69, 9.17) is 15.7 Å². The zero-order valence-corrected chi connectivity index (χ0v) is 19.2. The third kappa shape index (κ3) is 2.93. The molecule has 0 radical (unpaired) electrons. The molecule has 0 amide bonds. The number of aliphatic imine (C=N–C) groups is 2. The Morgan fingerprint density at radius 1 is 1.06 bits per heavy atom. The molecule has 2 heterocycles. The van der Waals surface area contributed by atoms with Crippen molar-refractivity contribution in [2.75, 3.05) is 0 Å². The van der Waals surface area contributed by atoms with E-state index < -0.39 is 5.66 Å². The Morgan fingerprint density at radius 3 is 2.47 bits per heavy atom. The molecule has 1 fully saturated rings. The summed E-state index contributed by atoms with van der Waals surface area (Å²) in [5.41, 5.74) is 11.6. The molecule has 5 nitrogen and oxygen atoms in total. The van der Waals surface area contributed by atoms with Crippen molar-refractivity contribution >= 4 is 11.5 Å². The van der Waals surface area contributed by atoms with Crippen molar-refractivity contribution in [2.24, 2.45) is 33.0 Å². The normalized spacial score (nSPS) is 33.0. The molecular weight excluding hydrogens is 396 g/mol.